The fourth-order valence-electron chi connectivity index (χ4n) is 11.0. The molecule has 12 rings (SSSR count). The molecular weight excluding hydrogens is 875 g/mol. The van der Waals surface area contributed by atoms with Crippen LogP contribution in [-0.2, 0) is 10.8 Å². The summed E-state index contributed by atoms with van der Waals surface area (Å²) in [7, 11) is 0. The van der Waals surface area contributed by atoms with Gasteiger partial charge in [0.15, 0.2) is 0 Å². The van der Waals surface area contributed by atoms with E-state index in [-0.39, 0.29) is 10.8 Å². The Balaban J connectivity index is 1.08. The van der Waals surface area contributed by atoms with Gasteiger partial charge >= 0.3 is 0 Å². The van der Waals surface area contributed by atoms with Crippen molar-refractivity contribution in [1.82, 2.24) is 0 Å². The first-order chi connectivity index (χ1) is 34.5. The lowest BCUT2D eigenvalue weighted by Gasteiger charge is -2.31. The third kappa shape index (κ3) is 7.97. The van der Waals surface area contributed by atoms with Crippen LogP contribution in [0.25, 0.3) is 91.4 Å². The monoisotopic (exact) mass is 931 g/mol. The van der Waals surface area contributed by atoms with Gasteiger partial charge in [0.25, 0.3) is 0 Å². The van der Waals surface area contributed by atoms with Crippen molar-refractivity contribution in [3.8, 4) is 33.4 Å². The summed E-state index contributed by atoms with van der Waals surface area (Å²) >= 11 is 1.87. The number of thiophene rings is 1. The second kappa shape index (κ2) is 17.6. The first-order valence-corrected chi connectivity index (χ1v) is 25.9. The minimum Gasteiger partial charge on any atom is -0.310 e. The molecule has 0 amide bonds. The fourth-order valence-corrected chi connectivity index (χ4v) is 12.1. The minimum atomic E-state index is -0.0137. The molecule has 1 nitrogen and oxygen atoms in total. The van der Waals surface area contributed by atoms with E-state index in [4.69, 9.17) is 0 Å². The van der Waals surface area contributed by atoms with Gasteiger partial charge in [-0.05, 0) is 124 Å². The Labute approximate surface area is 422 Å². The van der Waals surface area contributed by atoms with Gasteiger partial charge in [0.1, 0.15) is 0 Å². The maximum absolute atomic E-state index is 2.54. The molecule has 0 N–H and O–H groups in total. The molecule has 10 aromatic carbocycles. The lowest BCUT2D eigenvalue weighted by molar-refractivity contribution is 0.569. The predicted molar refractivity (Wildman–Crippen MR) is 310 cm³/mol. The average Bonchev–Trinajstić information content (AvgIpc) is 3.61. The van der Waals surface area contributed by atoms with Gasteiger partial charge in [-0.2, -0.15) is 0 Å². The van der Waals surface area contributed by atoms with Crippen LogP contribution in [0.1, 0.15) is 64.7 Å². The zero-order valence-corrected chi connectivity index (χ0v) is 42.2. The third-order valence-corrected chi connectivity index (χ3v) is 15.8. The Bertz CT molecular complexity index is 3950. The normalized spacial score (nSPS) is 13.3. The molecule has 0 aliphatic heterocycles. The molecule has 2 heteroatoms. The zero-order valence-electron chi connectivity index (χ0n) is 41.4. The molecule has 11 aromatic rings. The lowest BCUT2D eigenvalue weighted by Crippen LogP contribution is -2.17. The van der Waals surface area contributed by atoms with Crippen LogP contribution in [0.4, 0.5) is 11.4 Å². The van der Waals surface area contributed by atoms with Gasteiger partial charge in [-0.3, -0.25) is 0 Å². The van der Waals surface area contributed by atoms with Crippen molar-refractivity contribution in [2.45, 2.75) is 58.8 Å². The van der Waals surface area contributed by atoms with Crippen molar-refractivity contribution in [1.29, 1.82) is 0 Å². The summed E-state index contributed by atoms with van der Waals surface area (Å²) in [5.74, 6) is 0. The van der Waals surface area contributed by atoms with Gasteiger partial charge < -0.3 is 4.90 Å². The molecule has 0 saturated carbocycles. The summed E-state index contributed by atoms with van der Waals surface area (Å²) in [6.45, 7) is 14.0. The van der Waals surface area contributed by atoms with Gasteiger partial charge in [0.2, 0.25) is 0 Å². The number of allylic oxidation sites excluding steroid dienone is 5. The molecule has 0 spiro atoms. The summed E-state index contributed by atoms with van der Waals surface area (Å²) in [5, 5.41) is 10.2. The number of para-hydroxylation sites is 2. The molecule has 0 radical (unpaired) electrons. The van der Waals surface area contributed by atoms with E-state index in [9.17, 15) is 0 Å². The number of nitrogens with zero attached hydrogens (tertiary/aromatic N) is 1. The van der Waals surface area contributed by atoms with Gasteiger partial charge in [0, 0.05) is 37.0 Å². The van der Waals surface area contributed by atoms with E-state index in [0.29, 0.717) is 0 Å². The van der Waals surface area contributed by atoms with Crippen molar-refractivity contribution >= 4 is 80.8 Å². The summed E-state index contributed by atoms with van der Waals surface area (Å²) in [6, 6.07) is 74.9. The van der Waals surface area contributed by atoms with Crippen molar-refractivity contribution < 1.29 is 0 Å². The van der Waals surface area contributed by atoms with E-state index in [1.165, 1.54) is 108 Å². The van der Waals surface area contributed by atoms with E-state index in [0.717, 1.165) is 23.5 Å². The van der Waals surface area contributed by atoms with Crippen molar-refractivity contribution in [3.63, 3.8) is 0 Å². The van der Waals surface area contributed by atoms with Crippen LogP contribution in [0.2, 0.25) is 0 Å². The highest BCUT2D eigenvalue weighted by atomic mass is 32.1. The van der Waals surface area contributed by atoms with Gasteiger partial charge in [-0.25, -0.2) is 0 Å². The van der Waals surface area contributed by atoms with Crippen molar-refractivity contribution in [2.75, 3.05) is 4.90 Å². The Morgan fingerprint density at radius 1 is 0.408 bits per heavy atom. The van der Waals surface area contributed by atoms with Crippen LogP contribution in [0.5, 0.6) is 0 Å². The van der Waals surface area contributed by atoms with E-state index >= 15 is 0 Å². The Morgan fingerprint density at radius 3 is 1.66 bits per heavy atom. The van der Waals surface area contributed by atoms with E-state index in [1.54, 1.807) is 0 Å². The number of benzene rings is 10. The van der Waals surface area contributed by atoms with Crippen LogP contribution in [0.15, 0.2) is 230 Å². The molecule has 1 heterocycles. The molecule has 71 heavy (non-hydrogen) atoms. The summed E-state index contributed by atoms with van der Waals surface area (Å²) in [4.78, 5) is 2.54. The van der Waals surface area contributed by atoms with Crippen LogP contribution in [0.3, 0.4) is 0 Å². The molecule has 1 aliphatic rings. The topological polar surface area (TPSA) is 3.24 Å². The fraction of sp³-hybridized carbons (Fsp3) is 0.130. The number of anilines is 2. The SMILES string of the molecule is CC(C)(C)c1cc(-c2cccc3cccc(-c4ccccc4N(C4=CCC(c5cccc6c5ccc5ccccc56)=CC=C4)c4ccccc4-c4cccc5sc6ccccc6c45)c23)cc(C(C)(C)C)c1. The molecule has 0 saturated heterocycles. The van der Waals surface area contributed by atoms with Crippen LogP contribution < -0.4 is 4.90 Å². The average molecular weight is 932 g/mol. The molecule has 0 fully saturated rings. The highest BCUT2D eigenvalue weighted by Gasteiger charge is 2.26. The third-order valence-electron chi connectivity index (χ3n) is 14.6. The van der Waals surface area contributed by atoms with E-state index < -0.39 is 0 Å². The summed E-state index contributed by atoms with van der Waals surface area (Å²) in [6.07, 6.45) is 10.1. The number of fused-ring (bicyclic) bond motifs is 7. The van der Waals surface area contributed by atoms with Gasteiger partial charge in [0.05, 0.1) is 11.4 Å². The lowest BCUT2D eigenvalue weighted by atomic mass is 9.78. The molecule has 1 aliphatic carbocycles. The maximum Gasteiger partial charge on any atom is 0.0540 e. The Morgan fingerprint density at radius 2 is 0.944 bits per heavy atom. The highest BCUT2D eigenvalue weighted by Crippen LogP contribution is 2.49. The minimum absolute atomic E-state index is 0.0137. The summed E-state index contributed by atoms with van der Waals surface area (Å²) < 4.78 is 2.60. The molecule has 0 atom stereocenters. The standard InChI is InChI=1S/C69H57NS/c1-68(2,3)49-42-48(43-50(44-49)69(4,5)6)54-30-16-22-47-23-17-32-59(66(47)54)57-26-9-12-34-62(57)70(63-35-13-10-27-58(63)60-33-19-37-65-67(60)61-28-11-14-36-64(61)71-65)51-24-15-21-46(38-40-51)53-29-18-31-55-52-25-8-7-20-45(52)39-41-56(53)55/h7-37,39-44H,38H2,1-6H3. The second-order valence-corrected chi connectivity index (χ2v) is 22.3. The van der Waals surface area contributed by atoms with Crippen molar-refractivity contribution in [3.05, 3.63) is 247 Å². The number of rotatable bonds is 7. The number of hydrogen-bond donors (Lipinski definition) is 0. The highest BCUT2D eigenvalue weighted by molar-refractivity contribution is 7.25. The van der Waals surface area contributed by atoms with Crippen LogP contribution in [0, 0.1) is 0 Å². The second-order valence-electron chi connectivity index (χ2n) is 21.2. The van der Waals surface area contributed by atoms with E-state index in [2.05, 4.69) is 271 Å². The maximum atomic E-state index is 2.54. The van der Waals surface area contributed by atoms with Crippen LogP contribution in [-0.4, -0.2) is 0 Å². The predicted octanol–water partition coefficient (Wildman–Crippen LogP) is 20.2. The Kier molecular flexibility index (Phi) is 11.0. The van der Waals surface area contributed by atoms with Gasteiger partial charge in [-0.15, -0.1) is 11.3 Å². The van der Waals surface area contributed by atoms with Crippen LogP contribution >= 0.6 is 11.3 Å². The quantitative estimate of drug-likeness (QED) is 0.144. The molecule has 1 aromatic heterocycles. The van der Waals surface area contributed by atoms with Crippen molar-refractivity contribution in [2.24, 2.45) is 0 Å². The van der Waals surface area contributed by atoms with E-state index in [1.807, 2.05) is 11.3 Å². The molecule has 344 valence electrons. The summed E-state index contributed by atoms with van der Waals surface area (Å²) in [5.41, 5.74) is 15.9. The molecule has 0 bridgehead atoms. The molecular formula is C69H57NS. The van der Waals surface area contributed by atoms with Gasteiger partial charge in [-0.1, -0.05) is 236 Å². The first-order valence-electron chi connectivity index (χ1n) is 25.1. The number of hydrogen-bond acceptors (Lipinski definition) is 2. The smallest absolute Gasteiger partial charge is 0.0540 e. The zero-order chi connectivity index (χ0) is 48.4. The Hall–Kier alpha value is -7.78. The first kappa shape index (κ1) is 44.4. The molecule has 0 unspecified atom stereocenters. The largest absolute Gasteiger partial charge is 0.310 e.